The summed E-state index contributed by atoms with van der Waals surface area (Å²) in [7, 11) is -3.82. The van der Waals surface area contributed by atoms with Gasteiger partial charge in [0.2, 0.25) is 10.0 Å². The van der Waals surface area contributed by atoms with Crippen LogP contribution in [0.4, 0.5) is 4.39 Å². The van der Waals surface area contributed by atoms with Crippen LogP contribution in [0.1, 0.15) is 0 Å². The molecule has 18 heavy (non-hydrogen) atoms. The van der Waals surface area contributed by atoms with Crippen LogP contribution in [0.5, 0.6) is 0 Å². The molecule has 1 saturated heterocycles. The fourth-order valence-corrected chi connectivity index (χ4v) is 2.84. The lowest BCUT2D eigenvalue weighted by Crippen LogP contribution is -2.45. The van der Waals surface area contributed by atoms with Crippen LogP contribution in [0.2, 0.25) is 0 Å². The highest BCUT2D eigenvalue weighted by Gasteiger charge is 2.21. The van der Waals surface area contributed by atoms with E-state index in [1.165, 1.54) is 18.2 Å². The largest absolute Gasteiger partial charge is 0.374 e. The van der Waals surface area contributed by atoms with E-state index in [-0.39, 0.29) is 17.5 Å². The highest BCUT2D eigenvalue weighted by atomic mass is 32.2. The van der Waals surface area contributed by atoms with Crippen LogP contribution in [0.3, 0.4) is 0 Å². The van der Waals surface area contributed by atoms with Crippen molar-refractivity contribution in [1.29, 1.82) is 0 Å². The fraction of sp³-hybridized carbons (Fsp3) is 0.455. The van der Waals surface area contributed by atoms with Gasteiger partial charge in [-0.25, -0.2) is 17.5 Å². The van der Waals surface area contributed by atoms with E-state index in [9.17, 15) is 12.8 Å². The van der Waals surface area contributed by atoms with Gasteiger partial charge in [0.1, 0.15) is 10.7 Å². The van der Waals surface area contributed by atoms with Crippen molar-refractivity contribution < 1.29 is 17.5 Å². The third-order valence-corrected chi connectivity index (χ3v) is 4.09. The second-order valence-electron chi connectivity index (χ2n) is 3.98. The number of benzene rings is 1. The Kier molecular flexibility index (Phi) is 4.28. The van der Waals surface area contributed by atoms with Gasteiger partial charge >= 0.3 is 0 Å². The summed E-state index contributed by atoms with van der Waals surface area (Å²) in [5.74, 6) is -0.757. The van der Waals surface area contributed by atoms with Gasteiger partial charge in [0.15, 0.2) is 0 Å². The molecular formula is C11H15FN2O3S. The lowest BCUT2D eigenvalue weighted by Gasteiger charge is -2.23. The maximum absolute atomic E-state index is 13.4. The van der Waals surface area contributed by atoms with Crippen LogP contribution in [-0.2, 0) is 14.8 Å². The first-order valence-corrected chi connectivity index (χ1v) is 7.14. The summed E-state index contributed by atoms with van der Waals surface area (Å²) in [6, 6.07) is 5.28. The van der Waals surface area contributed by atoms with Crippen molar-refractivity contribution in [3.05, 3.63) is 30.1 Å². The van der Waals surface area contributed by atoms with E-state index in [2.05, 4.69) is 10.0 Å². The molecular weight excluding hydrogens is 259 g/mol. The first kappa shape index (κ1) is 13.4. The summed E-state index contributed by atoms with van der Waals surface area (Å²) in [4.78, 5) is -0.339. The minimum Gasteiger partial charge on any atom is -0.374 e. The van der Waals surface area contributed by atoms with E-state index in [1.807, 2.05) is 0 Å². The molecule has 1 unspecified atom stereocenters. The van der Waals surface area contributed by atoms with Crippen LogP contribution in [0, 0.1) is 5.82 Å². The van der Waals surface area contributed by atoms with Crippen molar-refractivity contribution in [2.75, 3.05) is 26.2 Å². The molecule has 100 valence electrons. The predicted octanol–water partition coefficient (Wildman–Crippen LogP) is 0.0924. The number of rotatable bonds is 4. The summed E-state index contributed by atoms with van der Waals surface area (Å²) in [6.07, 6.45) is -0.222. The summed E-state index contributed by atoms with van der Waals surface area (Å²) in [6.45, 7) is 2.02. The second kappa shape index (κ2) is 5.75. The molecule has 0 saturated carbocycles. The van der Waals surface area contributed by atoms with Crippen molar-refractivity contribution in [2.24, 2.45) is 0 Å². The average Bonchev–Trinajstić information content (AvgIpc) is 2.38. The van der Waals surface area contributed by atoms with Gasteiger partial charge in [0.25, 0.3) is 0 Å². The second-order valence-corrected chi connectivity index (χ2v) is 5.71. The maximum atomic E-state index is 13.4. The van der Waals surface area contributed by atoms with Crippen LogP contribution >= 0.6 is 0 Å². The summed E-state index contributed by atoms with van der Waals surface area (Å²) < 4.78 is 44.8. The van der Waals surface area contributed by atoms with Gasteiger partial charge < -0.3 is 10.1 Å². The van der Waals surface area contributed by atoms with Crippen molar-refractivity contribution >= 4 is 10.0 Å². The molecule has 0 bridgehead atoms. The highest BCUT2D eigenvalue weighted by molar-refractivity contribution is 7.89. The Morgan fingerprint density at radius 3 is 2.89 bits per heavy atom. The molecule has 1 atom stereocenters. The molecule has 5 nitrogen and oxygen atoms in total. The van der Waals surface area contributed by atoms with Crippen LogP contribution < -0.4 is 10.0 Å². The van der Waals surface area contributed by atoms with E-state index < -0.39 is 15.8 Å². The molecule has 0 spiro atoms. The minimum atomic E-state index is -3.82. The van der Waals surface area contributed by atoms with E-state index in [4.69, 9.17) is 4.74 Å². The zero-order valence-corrected chi connectivity index (χ0v) is 10.5. The lowest BCUT2D eigenvalue weighted by molar-refractivity contribution is 0.0324. The monoisotopic (exact) mass is 274 g/mol. The van der Waals surface area contributed by atoms with Crippen molar-refractivity contribution in [2.45, 2.75) is 11.0 Å². The Hall–Kier alpha value is -1.02. The van der Waals surface area contributed by atoms with Gasteiger partial charge in [-0.05, 0) is 12.1 Å². The van der Waals surface area contributed by atoms with Gasteiger partial charge in [-0.15, -0.1) is 0 Å². The molecule has 0 radical (unpaired) electrons. The summed E-state index contributed by atoms with van der Waals surface area (Å²) in [5, 5.41) is 3.09. The molecule has 0 aliphatic carbocycles. The molecule has 1 aliphatic rings. The number of ether oxygens (including phenoxy) is 1. The van der Waals surface area contributed by atoms with Gasteiger partial charge in [-0.2, -0.15) is 0 Å². The van der Waals surface area contributed by atoms with Gasteiger partial charge in [-0.1, -0.05) is 12.1 Å². The molecule has 1 heterocycles. The van der Waals surface area contributed by atoms with E-state index in [0.717, 1.165) is 12.6 Å². The maximum Gasteiger partial charge on any atom is 0.243 e. The third-order valence-electron chi connectivity index (χ3n) is 2.63. The summed E-state index contributed by atoms with van der Waals surface area (Å²) >= 11 is 0. The highest BCUT2D eigenvalue weighted by Crippen LogP contribution is 2.13. The molecule has 1 aromatic carbocycles. The van der Waals surface area contributed by atoms with Crippen molar-refractivity contribution in [3.8, 4) is 0 Å². The number of sulfonamides is 1. The predicted molar refractivity (Wildman–Crippen MR) is 64.2 cm³/mol. The fourth-order valence-electron chi connectivity index (χ4n) is 1.69. The van der Waals surface area contributed by atoms with E-state index in [0.29, 0.717) is 13.2 Å². The van der Waals surface area contributed by atoms with Gasteiger partial charge in [-0.3, -0.25) is 0 Å². The number of halogens is 1. The quantitative estimate of drug-likeness (QED) is 0.817. The molecule has 1 aliphatic heterocycles. The molecule has 7 heteroatoms. The zero-order valence-electron chi connectivity index (χ0n) is 9.73. The molecule has 1 aromatic rings. The van der Waals surface area contributed by atoms with Gasteiger partial charge in [0.05, 0.1) is 12.7 Å². The first-order chi connectivity index (χ1) is 8.59. The zero-order chi connectivity index (χ0) is 13.0. The molecule has 0 aromatic heterocycles. The number of hydrogen-bond acceptors (Lipinski definition) is 4. The Balaban J connectivity index is 2.01. The van der Waals surface area contributed by atoms with Crippen LogP contribution in [0.15, 0.2) is 29.2 Å². The smallest absolute Gasteiger partial charge is 0.243 e. The topological polar surface area (TPSA) is 67.4 Å². The third kappa shape index (κ3) is 3.26. The Morgan fingerprint density at radius 1 is 1.44 bits per heavy atom. The Labute approximate surface area is 105 Å². The lowest BCUT2D eigenvalue weighted by atomic mass is 10.3. The van der Waals surface area contributed by atoms with Crippen molar-refractivity contribution in [3.63, 3.8) is 0 Å². The van der Waals surface area contributed by atoms with Gasteiger partial charge in [0, 0.05) is 19.6 Å². The van der Waals surface area contributed by atoms with E-state index >= 15 is 0 Å². The molecule has 1 fully saturated rings. The molecule has 2 N–H and O–H groups in total. The average molecular weight is 274 g/mol. The molecule has 2 rings (SSSR count). The Morgan fingerprint density at radius 2 is 2.22 bits per heavy atom. The normalized spacial score (nSPS) is 20.8. The SMILES string of the molecule is O=S(=O)(NCC1CNCCO1)c1ccccc1F. The first-order valence-electron chi connectivity index (χ1n) is 5.66. The van der Waals surface area contributed by atoms with E-state index in [1.54, 1.807) is 0 Å². The standard InChI is InChI=1S/C11H15FN2O3S/c12-10-3-1-2-4-11(10)18(15,16)14-8-9-7-13-5-6-17-9/h1-4,9,13-14H,5-8H2. The minimum absolute atomic E-state index is 0.129. The number of hydrogen-bond donors (Lipinski definition) is 2. The summed E-state index contributed by atoms with van der Waals surface area (Å²) in [5.41, 5.74) is 0. The van der Waals surface area contributed by atoms with Crippen molar-refractivity contribution in [1.82, 2.24) is 10.0 Å². The number of morpholine rings is 1. The van der Waals surface area contributed by atoms with Crippen LogP contribution in [-0.4, -0.2) is 40.8 Å². The van der Waals surface area contributed by atoms with Crippen LogP contribution in [0.25, 0.3) is 0 Å². The number of nitrogens with one attached hydrogen (secondary N) is 2. The Bertz CT molecular complexity index is 501. The molecule has 0 amide bonds.